The molecule has 0 radical (unpaired) electrons. The summed E-state index contributed by atoms with van der Waals surface area (Å²) in [6, 6.07) is 11.8. The molecule has 0 saturated carbocycles. The molecule has 4 aliphatic heterocycles. The van der Waals surface area contributed by atoms with Gasteiger partial charge in [0.1, 0.15) is 11.5 Å². The molecule has 4 bridgehead atoms. The average molecular weight is 282 g/mol. The monoisotopic (exact) mass is 282 g/mol. The zero-order valence-electron chi connectivity index (χ0n) is 12.7. The molecule has 2 aromatic carbocycles. The third-order valence-corrected chi connectivity index (χ3v) is 4.18. The Labute approximate surface area is 124 Å². The topological polar surface area (TPSA) is 35.5 Å². The molecule has 3 heteroatoms. The summed E-state index contributed by atoms with van der Waals surface area (Å²) in [5.41, 5.74) is 4.09. The van der Waals surface area contributed by atoms with Crippen LogP contribution in [0.5, 0.6) is 11.5 Å². The van der Waals surface area contributed by atoms with E-state index in [0.29, 0.717) is 11.5 Å². The first-order valence-corrected chi connectivity index (χ1v) is 7.00. The van der Waals surface area contributed by atoms with E-state index in [1.807, 2.05) is 38.1 Å². The molecule has 4 heterocycles. The fraction of sp³-hybridized carbons (Fsp3) is 0.278. The van der Waals surface area contributed by atoms with E-state index in [0.717, 1.165) is 11.1 Å². The zero-order chi connectivity index (χ0) is 15.2. The smallest absolute Gasteiger partial charge is 0.394 e. The van der Waals surface area contributed by atoms with Crippen molar-refractivity contribution in [2.24, 2.45) is 0 Å². The molecule has 0 aliphatic carbocycles. The molecule has 0 spiro atoms. The maximum atomic E-state index is 11.9. The largest absolute Gasteiger partial charge is 0.519 e. The van der Waals surface area contributed by atoms with Gasteiger partial charge in [0.05, 0.1) is 0 Å². The van der Waals surface area contributed by atoms with Gasteiger partial charge in [-0.05, 0) is 48.2 Å². The van der Waals surface area contributed by atoms with Crippen molar-refractivity contribution >= 4 is 6.16 Å². The Morgan fingerprint density at radius 2 is 1.24 bits per heavy atom. The first-order valence-electron chi connectivity index (χ1n) is 7.00. The third kappa shape index (κ3) is 2.29. The fourth-order valence-electron chi connectivity index (χ4n) is 2.67. The van der Waals surface area contributed by atoms with Crippen molar-refractivity contribution in [2.45, 2.75) is 33.1 Å². The predicted octanol–water partition coefficient (Wildman–Crippen LogP) is 4.52. The highest BCUT2D eigenvalue weighted by Gasteiger charge is 2.26. The average Bonchev–Trinajstić information content (AvgIpc) is 2.42. The van der Waals surface area contributed by atoms with Crippen LogP contribution < -0.4 is 9.47 Å². The molecule has 0 fully saturated rings. The van der Waals surface area contributed by atoms with Gasteiger partial charge >= 0.3 is 6.16 Å². The SMILES string of the molecule is Cc1cc2ccc1OC(=O)Oc1ccc(cc1C)C2(C)C. The molecule has 6 rings (SSSR count). The summed E-state index contributed by atoms with van der Waals surface area (Å²) < 4.78 is 10.6. The van der Waals surface area contributed by atoms with Gasteiger partial charge in [-0.15, -0.1) is 0 Å². The molecule has 21 heavy (non-hydrogen) atoms. The molecule has 3 nitrogen and oxygen atoms in total. The Bertz CT molecular complexity index is 670. The van der Waals surface area contributed by atoms with E-state index in [9.17, 15) is 4.79 Å². The molecular weight excluding hydrogens is 264 g/mol. The van der Waals surface area contributed by atoms with Gasteiger partial charge in [0.15, 0.2) is 0 Å². The molecule has 0 N–H and O–H groups in total. The Hall–Kier alpha value is -2.29. The fourth-order valence-corrected chi connectivity index (χ4v) is 2.67. The number of carbonyl (C=O) groups is 1. The molecule has 108 valence electrons. The van der Waals surface area contributed by atoms with Crippen LogP contribution in [0.3, 0.4) is 0 Å². The van der Waals surface area contributed by atoms with E-state index in [2.05, 4.69) is 26.0 Å². The van der Waals surface area contributed by atoms with Crippen LogP contribution in [0.2, 0.25) is 0 Å². The molecule has 0 amide bonds. The normalized spacial score (nSPS) is 15.9. The van der Waals surface area contributed by atoms with Crippen LogP contribution in [0.25, 0.3) is 0 Å². The van der Waals surface area contributed by atoms with Crippen LogP contribution in [-0.2, 0) is 5.41 Å². The van der Waals surface area contributed by atoms with Crippen LogP contribution in [0, 0.1) is 13.8 Å². The van der Waals surface area contributed by atoms with Crippen LogP contribution in [-0.4, -0.2) is 6.16 Å². The molecule has 4 aliphatic rings. The first-order chi connectivity index (χ1) is 9.88. The van der Waals surface area contributed by atoms with Crippen molar-refractivity contribution < 1.29 is 14.3 Å². The van der Waals surface area contributed by atoms with Gasteiger partial charge in [0.25, 0.3) is 0 Å². The third-order valence-electron chi connectivity index (χ3n) is 4.18. The van der Waals surface area contributed by atoms with Gasteiger partial charge in [0, 0.05) is 5.41 Å². The summed E-state index contributed by atoms with van der Waals surface area (Å²) >= 11 is 0. The van der Waals surface area contributed by atoms with Crippen molar-refractivity contribution in [1.82, 2.24) is 0 Å². The van der Waals surface area contributed by atoms with Gasteiger partial charge < -0.3 is 9.47 Å². The Balaban J connectivity index is 2.26. The minimum absolute atomic E-state index is 0.129. The standard InChI is InChI=1S/C18H18O3/c1-11-9-13-5-7-15(11)20-17(19)21-16-8-6-14(10-12(16)2)18(13,3)4/h5-10H,1-4H3. The zero-order valence-corrected chi connectivity index (χ0v) is 12.7. The molecule has 0 aromatic heterocycles. The van der Waals surface area contributed by atoms with Gasteiger partial charge in [-0.3, -0.25) is 0 Å². The molecular formula is C18H18O3. The molecule has 0 atom stereocenters. The highest BCUT2D eigenvalue weighted by atomic mass is 16.7. The predicted molar refractivity (Wildman–Crippen MR) is 81.1 cm³/mol. The van der Waals surface area contributed by atoms with Crippen molar-refractivity contribution in [2.75, 3.05) is 0 Å². The number of benzene rings is 2. The lowest BCUT2D eigenvalue weighted by molar-refractivity contribution is 0.151. The van der Waals surface area contributed by atoms with Crippen LogP contribution in [0.1, 0.15) is 36.1 Å². The van der Waals surface area contributed by atoms with E-state index in [1.165, 1.54) is 11.1 Å². The van der Waals surface area contributed by atoms with Crippen molar-refractivity contribution in [1.29, 1.82) is 0 Å². The maximum Gasteiger partial charge on any atom is 0.519 e. The van der Waals surface area contributed by atoms with Crippen LogP contribution >= 0.6 is 0 Å². The summed E-state index contributed by atoms with van der Waals surface area (Å²) in [7, 11) is 0. The summed E-state index contributed by atoms with van der Waals surface area (Å²) in [5.74, 6) is 1.07. The minimum atomic E-state index is -0.707. The van der Waals surface area contributed by atoms with Crippen LogP contribution in [0.15, 0.2) is 36.4 Å². The lowest BCUT2D eigenvalue weighted by Crippen LogP contribution is -2.21. The maximum absolute atomic E-state index is 11.9. The summed E-state index contributed by atoms with van der Waals surface area (Å²) in [6.45, 7) is 8.24. The number of hydrogen-bond donors (Lipinski definition) is 0. The quantitative estimate of drug-likeness (QED) is 0.526. The number of ether oxygens (including phenoxy) is 2. The van der Waals surface area contributed by atoms with Crippen molar-refractivity contribution in [3.8, 4) is 11.5 Å². The lowest BCUT2D eigenvalue weighted by Gasteiger charge is -2.28. The number of hydrogen-bond acceptors (Lipinski definition) is 3. The second-order valence-electron chi connectivity index (χ2n) is 6.04. The molecule has 0 saturated heterocycles. The first kappa shape index (κ1) is 13.7. The minimum Gasteiger partial charge on any atom is -0.394 e. The van der Waals surface area contributed by atoms with Crippen molar-refractivity contribution in [3.05, 3.63) is 58.7 Å². The van der Waals surface area contributed by atoms with E-state index < -0.39 is 6.16 Å². The van der Waals surface area contributed by atoms with Gasteiger partial charge in [-0.2, -0.15) is 0 Å². The molecule has 0 unspecified atom stereocenters. The number of aryl methyl sites for hydroxylation is 2. The summed E-state index contributed by atoms with van der Waals surface area (Å²) in [5, 5.41) is 0. The second-order valence-corrected chi connectivity index (χ2v) is 6.04. The summed E-state index contributed by atoms with van der Waals surface area (Å²) in [6.07, 6.45) is -0.707. The van der Waals surface area contributed by atoms with Crippen LogP contribution in [0.4, 0.5) is 4.79 Å². The van der Waals surface area contributed by atoms with Gasteiger partial charge in [0.2, 0.25) is 0 Å². The Morgan fingerprint density at radius 3 is 1.62 bits per heavy atom. The van der Waals surface area contributed by atoms with E-state index in [4.69, 9.17) is 9.47 Å². The lowest BCUT2D eigenvalue weighted by atomic mass is 9.77. The van der Waals surface area contributed by atoms with Gasteiger partial charge in [-0.25, -0.2) is 4.79 Å². The van der Waals surface area contributed by atoms with E-state index in [1.54, 1.807) is 0 Å². The summed E-state index contributed by atoms with van der Waals surface area (Å²) in [4.78, 5) is 11.9. The van der Waals surface area contributed by atoms with E-state index in [-0.39, 0.29) is 5.41 Å². The highest BCUT2D eigenvalue weighted by Crippen LogP contribution is 2.36. The van der Waals surface area contributed by atoms with Gasteiger partial charge in [-0.1, -0.05) is 38.1 Å². The number of rotatable bonds is 0. The Morgan fingerprint density at radius 1 is 0.810 bits per heavy atom. The van der Waals surface area contributed by atoms with Crippen molar-refractivity contribution in [3.63, 3.8) is 0 Å². The Kier molecular flexibility index (Phi) is 3.01. The molecule has 2 aromatic rings. The highest BCUT2D eigenvalue weighted by molar-refractivity contribution is 5.68. The number of carbonyl (C=O) groups excluding carboxylic acids is 1. The van der Waals surface area contributed by atoms with E-state index >= 15 is 0 Å². The second kappa shape index (κ2) is 4.62.